The van der Waals surface area contributed by atoms with Gasteiger partial charge in [0.25, 0.3) is 5.91 Å². The molecular formula is C21H34N3O4S+. The summed E-state index contributed by atoms with van der Waals surface area (Å²) in [4.78, 5) is 14.0. The fourth-order valence-corrected chi connectivity index (χ4v) is 5.97. The molecule has 2 fully saturated rings. The molecule has 1 aromatic rings. The molecule has 0 spiro atoms. The number of hydrogen-bond acceptors (Lipinski definition) is 4. The number of amides is 1. The van der Waals surface area contributed by atoms with Crippen LogP contribution in [0, 0.1) is 5.92 Å². The third kappa shape index (κ3) is 5.71. The summed E-state index contributed by atoms with van der Waals surface area (Å²) < 4.78 is 33.5. The van der Waals surface area contributed by atoms with Gasteiger partial charge in [0.15, 0.2) is 6.54 Å². The zero-order valence-corrected chi connectivity index (χ0v) is 18.4. The molecule has 162 valence electrons. The highest BCUT2D eigenvalue weighted by molar-refractivity contribution is 7.89. The Morgan fingerprint density at radius 3 is 2.69 bits per heavy atom. The number of benzene rings is 1. The third-order valence-corrected chi connectivity index (χ3v) is 7.65. The molecule has 0 saturated carbocycles. The van der Waals surface area contributed by atoms with Crippen LogP contribution in [0.5, 0.6) is 5.75 Å². The molecule has 3 rings (SSSR count). The highest BCUT2D eigenvalue weighted by Crippen LogP contribution is 2.31. The van der Waals surface area contributed by atoms with Gasteiger partial charge in [-0.2, -0.15) is 4.31 Å². The van der Waals surface area contributed by atoms with E-state index < -0.39 is 10.0 Å². The lowest BCUT2D eigenvalue weighted by atomic mass is 10.0. The zero-order valence-electron chi connectivity index (χ0n) is 17.6. The molecule has 0 bridgehead atoms. The van der Waals surface area contributed by atoms with Crippen molar-refractivity contribution in [2.24, 2.45) is 5.92 Å². The number of likely N-dealkylation sites (tertiary alicyclic amines) is 1. The summed E-state index contributed by atoms with van der Waals surface area (Å²) in [6, 6.07) is 4.90. The monoisotopic (exact) mass is 424 g/mol. The predicted octanol–water partition coefficient (Wildman–Crippen LogP) is 1.51. The molecule has 0 radical (unpaired) electrons. The van der Waals surface area contributed by atoms with E-state index in [1.54, 1.807) is 18.2 Å². The van der Waals surface area contributed by atoms with E-state index in [-0.39, 0.29) is 10.8 Å². The molecule has 2 heterocycles. The number of nitrogens with one attached hydrogen (secondary N) is 2. The van der Waals surface area contributed by atoms with Gasteiger partial charge in [0, 0.05) is 24.7 Å². The highest BCUT2D eigenvalue weighted by atomic mass is 32.2. The molecule has 2 saturated heterocycles. The minimum Gasteiger partial charge on any atom is -0.492 e. The van der Waals surface area contributed by atoms with Crippen molar-refractivity contribution in [2.75, 3.05) is 44.6 Å². The Kier molecular flexibility index (Phi) is 7.54. The van der Waals surface area contributed by atoms with Crippen LogP contribution in [0.3, 0.4) is 0 Å². The fourth-order valence-electron chi connectivity index (χ4n) is 4.30. The molecule has 29 heavy (non-hydrogen) atoms. The van der Waals surface area contributed by atoms with Crippen LogP contribution in [0.4, 0.5) is 5.69 Å². The number of carbonyl (C=O) groups is 1. The number of rotatable bonds is 7. The van der Waals surface area contributed by atoms with Crippen molar-refractivity contribution in [1.29, 1.82) is 0 Å². The molecule has 2 N–H and O–H groups in total. The number of hydrogen-bond donors (Lipinski definition) is 2. The molecule has 1 aromatic carbocycles. The van der Waals surface area contributed by atoms with Gasteiger partial charge in [-0.1, -0.05) is 13.3 Å². The van der Waals surface area contributed by atoms with E-state index in [9.17, 15) is 13.2 Å². The zero-order chi connectivity index (χ0) is 20.9. The minimum absolute atomic E-state index is 0.0837. The van der Waals surface area contributed by atoms with Crippen LogP contribution in [-0.4, -0.2) is 58.0 Å². The average Bonchev–Trinajstić information content (AvgIpc) is 2.70. The van der Waals surface area contributed by atoms with E-state index >= 15 is 0 Å². The average molecular weight is 425 g/mol. The number of sulfonamides is 1. The Bertz CT molecular complexity index is 806. The van der Waals surface area contributed by atoms with Gasteiger partial charge >= 0.3 is 0 Å². The Morgan fingerprint density at radius 2 is 2.00 bits per heavy atom. The van der Waals surface area contributed by atoms with Gasteiger partial charge < -0.3 is 15.0 Å². The summed E-state index contributed by atoms with van der Waals surface area (Å²) in [5, 5.41) is 2.89. The van der Waals surface area contributed by atoms with Crippen LogP contribution in [0.25, 0.3) is 0 Å². The molecular weight excluding hydrogens is 390 g/mol. The van der Waals surface area contributed by atoms with Crippen molar-refractivity contribution in [2.45, 2.75) is 50.8 Å². The number of piperidine rings is 2. The van der Waals surface area contributed by atoms with Gasteiger partial charge in [-0.05, 0) is 50.8 Å². The Labute approximate surface area is 174 Å². The number of carbonyl (C=O) groups excluding carboxylic acids is 1. The maximum Gasteiger partial charge on any atom is 0.279 e. The molecule has 1 unspecified atom stereocenters. The Balaban J connectivity index is 1.76. The molecule has 2 aliphatic rings. The molecule has 2 aliphatic heterocycles. The fraction of sp³-hybridized carbons (Fsp3) is 0.667. The maximum absolute atomic E-state index is 13.2. The molecule has 0 aliphatic carbocycles. The van der Waals surface area contributed by atoms with Crippen molar-refractivity contribution in [3.8, 4) is 5.75 Å². The second kappa shape index (κ2) is 9.91. The molecule has 7 nitrogen and oxygen atoms in total. The third-order valence-electron chi connectivity index (χ3n) is 5.74. The summed E-state index contributed by atoms with van der Waals surface area (Å²) in [7, 11) is -3.66. The SMILES string of the molecule is CCOc1ccc(NC(=O)C[NH+]2CCC[C@@H](C)C2)cc1S(=O)(=O)N1CCCCC1. The quantitative estimate of drug-likeness (QED) is 0.695. The van der Waals surface area contributed by atoms with Gasteiger partial charge in [-0.15, -0.1) is 0 Å². The molecule has 8 heteroatoms. The smallest absolute Gasteiger partial charge is 0.279 e. The number of anilines is 1. The summed E-state index contributed by atoms with van der Waals surface area (Å²) in [5.41, 5.74) is 0.499. The van der Waals surface area contributed by atoms with Crippen LogP contribution >= 0.6 is 0 Å². The van der Waals surface area contributed by atoms with Gasteiger partial charge in [-0.25, -0.2) is 8.42 Å². The largest absolute Gasteiger partial charge is 0.492 e. The van der Waals surface area contributed by atoms with Crippen molar-refractivity contribution in [3.05, 3.63) is 18.2 Å². The van der Waals surface area contributed by atoms with Gasteiger partial charge in [0.2, 0.25) is 10.0 Å². The minimum atomic E-state index is -3.66. The van der Waals surface area contributed by atoms with E-state index in [1.807, 2.05) is 6.92 Å². The lowest BCUT2D eigenvalue weighted by Gasteiger charge is -2.27. The number of nitrogens with zero attached hydrogens (tertiary/aromatic N) is 1. The standard InChI is InChI=1S/C21H33N3O4S/c1-3-28-19-10-9-18(22-21(25)16-23-11-7-8-17(2)15-23)14-20(19)29(26,27)24-12-5-4-6-13-24/h9-10,14,17H,3-8,11-13,15-16H2,1-2H3,(H,22,25)/p+1/t17-/m1/s1. The Hall–Kier alpha value is -1.64. The molecule has 0 aromatic heterocycles. The molecule has 1 amide bonds. The van der Waals surface area contributed by atoms with E-state index in [2.05, 4.69) is 12.2 Å². The van der Waals surface area contributed by atoms with Crippen LogP contribution in [-0.2, 0) is 14.8 Å². The van der Waals surface area contributed by atoms with Crippen molar-refractivity contribution in [1.82, 2.24) is 4.31 Å². The lowest BCUT2D eigenvalue weighted by Crippen LogP contribution is -3.14. The number of ether oxygens (including phenoxy) is 1. The van der Waals surface area contributed by atoms with Crippen LogP contribution in [0.15, 0.2) is 23.1 Å². The van der Waals surface area contributed by atoms with Gasteiger partial charge in [0.05, 0.1) is 19.7 Å². The van der Waals surface area contributed by atoms with Crippen molar-refractivity contribution >= 4 is 21.6 Å². The van der Waals surface area contributed by atoms with E-state index in [0.29, 0.717) is 43.6 Å². The van der Waals surface area contributed by atoms with Crippen molar-refractivity contribution in [3.63, 3.8) is 0 Å². The second-order valence-electron chi connectivity index (χ2n) is 8.24. The van der Waals surface area contributed by atoms with Gasteiger partial charge in [0.1, 0.15) is 10.6 Å². The summed E-state index contributed by atoms with van der Waals surface area (Å²) in [6.45, 7) is 7.91. The molecule has 2 atom stereocenters. The lowest BCUT2D eigenvalue weighted by molar-refractivity contribution is -0.900. The van der Waals surface area contributed by atoms with Crippen LogP contribution in [0.1, 0.15) is 46.0 Å². The number of quaternary nitrogens is 1. The first kappa shape index (κ1) is 22.1. The van der Waals surface area contributed by atoms with Crippen LogP contribution in [0.2, 0.25) is 0 Å². The summed E-state index contributed by atoms with van der Waals surface area (Å²) in [6.07, 6.45) is 5.16. The maximum atomic E-state index is 13.2. The van der Waals surface area contributed by atoms with Gasteiger partial charge in [-0.3, -0.25) is 4.79 Å². The van der Waals surface area contributed by atoms with E-state index in [0.717, 1.165) is 38.8 Å². The normalized spacial score (nSPS) is 23.5. The summed E-state index contributed by atoms with van der Waals surface area (Å²) >= 11 is 0. The first-order valence-electron chi connectivity index (χ1n) is 10.8. The Morgan fingerprint density at radius 1 is 1.24 bits per heavy atom. The summed E-state index contributed by atoms with van der Waals surface area (Å²) in [5.74, 6) is 0.893. The highest BCUT2D eigenvalue weighted by Gasteiger charge is 2.30. The van der Waals surface area contributed by atoms with Crippen LogP contribution < -0.4 is 15.0 Å². The van der Waals surface area contributed by atoms with E-state index in [1.165, 1.54) is 15.6 Å². The van der Waals surface area contributed by atoms with Crippen molar-refractivity contribution < 1.29 is 22.8 Å². The second-order valence-corrected chi connectivity index (χ2v) is 10.1. The predicted molar refractivity (Wildman–Crippen MR) is 113 cm³/mol. The topological polar surface area (TPSA) is 80.1 Å². The first-order chi connectivity index (χ1) is 13.9. The first-order valence-corrected chi connectivity index (χ1v) is 12.2. The van der Waals surface area contributed by atoms with E-state index in [4.69, 9.17) is 4.74 Å².